The Balaban J connectivity index is 0.00000352. The largest absolute Gasteiger partial charge is 1.00 e. The second-order valence-corrected chi connectivity index (χ2v) is 17.7. The Morgan fingerprint density at radius 2 is 0.828 bits per heavy atom. The van der Waals surface area contributed by atoms with E-state index in [1.807, 2.05) is 0 Å². The number of nitrogens with one attached hydrogen (secondary N) is 2. The van der Waals surface area contributed by atoms with Gasteiger partial charge in [0.25, 0.3) is 20.2 Å². The van der Waals surface area contributed by atoms with Gasteiger partial charge >= 0.3 is 124 Å². The molecule has 0 fully saturated rings. The molecule has 0 aromatic heterocycles. The first-order valence-electron chi connectivity index (χ1n) is 15.8. The van der Waals surface area contributed by atoms with Crippen LogP contribution in [0.1, 0.15) is 0 Å². The molecule has 6 aromatic carbocycles. The summed E-state index contributed by atoms with van der Waals surface area (Å²) in [4.78, 5) is 9.34. The van der Waals surface area contributed by atoms with E-state index in [2.05, 4.69) is 31.1 Å². The van der Waals surface area contributed by atoms with E-state index >= 15 is 0 Å². The van der Waals surface area contributed by atoms with E-state index in [9.17, 15) is 77.1 Å². The van der Waals surface area contributed by atoms with Gasteiger partial charge in [0.05, 0.1) is 19.6 Å². The van der Waals surface area contributed by atoms with Gasteiger partial charge in [-0.05, 0) is 95.7 Å². The van der Waals surface area contributed by atoms with Crippen LogP contribution < -0.4 is 129 Å². The predicted octanol–water partition coefficient (Wildman–Crippen LogP) is -6.39. The maximum Gasteiger partial charge on any atom is 1.00 e. The normalized spacial score (nSPS) is 11.9. The molecule has 0 bridgehead atoms. The molecule has 23 nitrogen and oxygen atoms in total. The number of phenolic OH excluding ortho intramolecular Hbond substituents is 4. The fourth-order valence-electron chi connectivity index (χ4n) is 5.42. The van der Waals surface area contributed by atoms with Crippen LogP contribution in [0.25, 0.3) is 21.5 Å². The second kappa shape index (κ2) is 21.8. The minimum absolute atomic E-state index is 0. The Hall–Kier alpha value is -2.85. The van der Waals surface area contributed by atoms with E-state index in [1.54, 1.807) is 0 Å². The van der Waals surface area contributed by atoms with Crippen molar-refractivity contribution >= 4 is 102 Å². The average Bonchev–Trinajstić information content (AvgIpc) is 3.13. The first-order valence-corrected chi connectivity index (χ1v) is 21.5. The van der Waals surface area contributed by atoms with E-state index in [0.717, 1.165) is 48.5 Å². The van der Waals surface area contributed by atoms with Crippen LogP contribution in [-0.4, -0.2) is 78.3 Å². The summed E-state index contributed by atoms with van der Waals surface area (Å²) in [7, 11) is -20.4. The van der Waals surface area contributed by atoms with E-state index in [1.165, 1.54) is 24.3 Å². The molecule has 0 saturated carbocycles. The summed E-state index contributed by atoms with van der Waals surface area (Å²) in [6.07, 6.45) is 0. The van der Waals surface area contributed by atoms with E-state index in [-0.39, 0.29) is 151 Å². The molecule has 6 aromatic rings. The molecular weight excluding hydrogens is 973 g/mol. The van der Waals surface area contributed by atoms with Crippen LogP contribution in [0.4, 0.5) is 38.9 Å². The summed E-state index contributed by atoms with van der Waals surface area (Å²) >= 11 is 0. The molecule has 0 unspecified atom stereocenters. The maximum atomic E-state index is 13.0. The van der Waals surface area contributed by atoms with Crippen molar-refractivity contribution < 1.29 is 195 Å². The van der Waals surface area contributed by atoms with Crippen LogP contribution in [0, 0.1) is 0 Å². The van der Waals surface area contributed by atoms with Crippen molar-refractivity contribution in [2.45, 2.75) is 19.6 Å². The smallest absolute Gasteiger partial charge is 0.744 e. The summed E-state index contributed by atoms with van der Waals surface area (Å²) in [6, 6.07) is 12.4. The first-order chi connectivity index (χ1) is 27.8. The zero-order valence-electron chi connectivity index (χ0n) is 33.2. The molecule has 0 atom stereocenters. The number of carbonyl (C=O) groups is 1. The monoisotopic (exact) mass is 994 g/mol. The first kappa shape index (κ1) is 57.3. The number of rotatable bonds is 10. The van der Waals surface area contributed by atoms with Gasteiger partial charge in [-0.25, -0.2) is 21.6 Å². The molecule has 2 amide bonds. The number of nitrogens with zero attached hydrogens (tertiary/aromatic N) is 4. The van der Waals surface area contributed by atoms with Gasteiger partial charge < -0.3 is 40.2 Å². The van der Waals surface area contributed by atoms with E-state index < -0.39 is 112 Å². The van der Waals surface area contributed by atoms with Crippen LogP contribution >= 0.6 is 0 Å². The zero-order chi connectivity index (χ0) is 44.1. The number of urea groups is 1. The number of aromatic hydroxyl groups is 4. The molecule has 0 aliphatic carbocycles. The number of hydrogen-bond donors (Lipinski definition) is 8. The van der Waals surface area contributed by atoms with Crippen LogP contribution in [0.3, 0.4) is 0 Å². The molecule has 0 radical (unpaired) electrons. The molecule has 0 aliphatic rings. The van der Waals surface area contributed by atoms with Crippen LogP contribution in [0.2, 0.25) is 0 Å². The van der Waals surface area contributed by atoms with E-state index in [0.29, 0.717) is 12.1 Å². The third kappa shape index (κ3) is 13.2. The van der Waals surface area contributed by atoms with Gasteiger partial charge in [0.15, 0.2) is 11.5 Å². The topological polar surface area (TPSA) is 395 Å². The van der Waals surface area contributed by atoms with Crippen molar-refractivity contribution in [3.8, 4) is 23.0 Å². The van der Waals surface area contributed by atoms with Gasteiger partial charge in [0, 0.05) is 22.1 Å². The second-order valence-electron chi connectivity index (χ2n) is 12.2. The Labute approximate surface area is 450 Å². The third-order valence-electron chi connectivity index (χ3n) is 8.16. The van der Waals surface area contributed by atoms with E-state index in [4.69, 9.17) is 0 Å². The Morgan fingerprint density at radius 3 is 1.14 bits per heavy atom. The van der Waals surface area contributed by atoms with Gasteiger partial charge in [-0.15, -0.1) is 20.5 Å². The number of hydrogen-bond acceptors (Lipinski definition) is 19. The number of azo groups is 2. The maximum absolute atomic E-state index is 13.0. The van der Waals surface area contributed by atoms with Crippen LogP contribution in [0.15, 0.2) is 125 Å². The SMILES string of the molecule is O=C(Nc1ccc2c(O)c(N=Nc3cc(S(=O)(=O)O)ccc3O)c(S(=O)(=O)[O-])cc2c1)Nc1ccc2c(O)c(N=Nc3cc(S(=O)(=O)O)ccc3O)c(S(=O)(=O)[O-])cc2c1.[Na+].[Na+].[Na+].[Na+]. The molecule has 64 heavy (non-hydrogen) atoms. The number of amides is 2. The Morgan fingerprint density at radius 1 is 0.484 bits per heavy atom. The summed E-state index contributed by atoms with van der Waals surface area (Å²) in [5.41, 5.74) is -3.08. The zero-order valence-corrected chi connectivity index (χ0v) is 44.4. The third-order valence-corrected chi connectivity index (χ3v) is 11.6. The van der Waals surface area contributed by atoms with Crippen LogP contribution in [-0.2, 0) is 40.5 Å². The predicted molar refractivity (Wildman–Crippen MR) is 204 cm³/mol. The van der Waals surface area contributed by atoms with Gasteiger partial charge in [0.2, 0.25) is 0 Å². The van der Waals surface area contributed by atoms with Crippen molar-refractivity contribution in [3.63, 3.8) is 0 Å². The minimum atomic E-state index is -5.42. The van der Waals surface area contributed by atoms with Crippen molar-refractivity contribution in [1.29, 1.82) is 0 Å². The standard InChI is InChI=1S/C33H24N6O17S4.4Na/c40-25-7-3-19(57(45,46)47)13-23(25)36-38-29-27(59(51,52)53)11-15-9-17(1-5-21(15)31(29)42)34-33(44)35-18-2-6-22-16(10-18)12-28(60(54,55)56)30(32(22)43)39-37-24-14-20(58(48,49)50)4-8-26(24)41;;;;/h1-14,40-43H,(H2,34,35,44)(H,45,46,47)(H,48,49,50)(H,51,52,53)(H,54,55,56);;;;/q;4*+1/p-2. The fourth-order valence-corrected chi connectivity index (χ4v) is 7.71. The molecule has 6 rings (SSSR count). The minimum Gasteiger partial charge on any atom is -0.744 e. The quantitative estimate of drug-likeness (QED) is 0.0359. The van der Waals surface area contributed by atoms with Crippen molar-refractivity contribution in [3.05, 3.63) is 84.9 Å². The van der Waals surface area contributed by atoms with Crippen molar-refractivity contribution in [2.75, 3.05) is 10.6 Å². The van der Waals surface area contributed by atoms with Crippen molar-refractivity contribution in [1.82, 2.24) is 0 Å². The molecule has 0 spiro atoms. The fraction of sp³-hybridized carbons (Fsp3) is 0. The van der Waals surface area contributed by atoms with Gasteiger partial charge in [-0.3, -0.25) is 9.11 Å². The number of fused-ring (bicyclic) bond motifs is 2. The summed E-state index contributed by atoms with van der Waals surface area (Å²) in [5.74, 6) is -3.15. The Bertz CT molecular complexity index is 3140. The number of benzene rings is 6. The summed E-state index contributed by atoms with van der Waals surface area (Å²) in [5, 5.41) is 60.4. The molecule has 0 aliphatic heterocycles. The van der Waals surface area contributed by atoms with Gasteiger partial charge in [-0.2, -0.15) is 16.8 Å². The molecule has 31 heteroatoms. The number of anilines is 2. The molecule has 8 N–H and O–H groups in total. The molecule has 312 valence electrons. The van der Waals surface area contributed by atoms with Crippen molar-refractivity contribution in [2.24, 2.45) is 20.5 Å². The summed E-state index contributed by atoms with van der Waals surface area (Å²) < 4.78 is 138. The molecular formula is C33H22N6Na4O17S4+2. The van der Waals surface area contributed by atoms with Crippen LogP contribution in [0.5, 0.6) is 23.0 Å². The molecule has 0 heterocycles. The summed E-state index contributed by atoms with van der Waals surface area (Å²) in [6.45, 7) is 0. The molecule has 0 saturated heterocycles. The number of phenols is 4. The van der Waals surface area contributed by atoms with Gasteiger partial charge in [-0.1, -0.05) is 0 Å². The number of carbonyl (C=O) groups excluding carboxylic acids is 1. The van der Waals surface area contributed by atoms with Gasteiger partial charge in [0.1, 0.15) is 54.5 Å². The Kier molecular flexibility index (Phi) is 19.6. The average molecular weight is 995 g/mol.